The molecule has 6 heteroatoms. The third-order valence-corrected chi connectivity index (χ3v) is 2.06. The highest BCUT2D eigenvalue weighted by molar-refractivity contribution is 7.13. The summed E-state index contributed by atoms with van der Waals surface area (Å²) >= 11 is 1.20. The highest BCUT2D eigenvalue weighted by atomic mass is 32.1. The van der Waals surface area contributed by atoms with Crippen molar-refractivity contribution in [2.24, 2.45) is 0 Å². The van der Waals surface area contributed by atoms with Crippen molar-refractivity contribution in [2.75, 3.05) is 18.5 Å². The predicted octanol–water partition coefficient (Wildman–Crippen LogP) is 0.249. The second-order valence-electron chi connectivity index (χ2n) is 2.21. The van der Waals surface area contributed by atoms with E-state index >= 15 is 0 Å². The van der Waals surface area contributed by atoms with Gasteiger partial charge in [-0.05, 0) is 0 Å². The van der Waals surface area contributed by atoms with Crippen molar-refractivity contribution >= 4 is 22.4 Å². The zero-order chi connectivity index (χ0) is 10.4. The lowest BCUT2D eigenvalue weighted by molar-refractivity contribution is 0.0691. The summed E-state index contributed by atoms with van der Waals surface area (Å²) in [5, 5.41) is 21.7. The van der Waals surface area contributed by atoms with Gasteiger partial charge in [0.05, 0.1) is 6.54 Å². The maximum Gasteiger partial charge on any atom is 0.355 e. The third kappa shape index (κ3) is 3.05. The minimum Gasteiger partial charge on any atom is -0.476 e. The molecule has 0 amide bonds. The number of hydrogen-bond donors (Lipinski definition) is 3. The van der Waals surface area contributed by atoms with E-state index in [2.05, 4.69) is 22.1 Å². The molecule has 3 N–H and O–H groups in total. The lowest BCUT2D eigenvalue weighted by Crippen LogP contribution is -2.00. The van der Waals surface area contributed by atoms with Crippen molar-refractivity contribution in [2.45, 2.75) is 0 Å². The molecule has 1 rings (SSSR count). The lowest BCUT2D eigenvalue weighted by atomic mass is 10.5. The number of aromatic carboxylic acids is 1. The summed E-state index contributed by atoms with van der Waals surface area (Å²) in [5.74, 6) is 4.04. The Morgan fingerprint density at radius 1 is 1.64 bits per heavy atom. The Kier molecular flexibility index (Phi) is 3.91. The summed E-state index contributed by atoms with van der Waals surface area (Å²) in [6.07, 6.45) is 0. The molecule has 0 saturated carbocycles. The molecule has 1 aromatic heterocycles. The minimum atomic E-state index is -1.05. The van der Waals surface area contributed by atoms with E-state index in [4.69, 9.17) is 10.2 Å². The van der Waals surface area contributed by atoms with E-state index in [0.29, 0.717) is 11.7 Å². The molecule has 0 aliphatic carbocycles. The van der Waals surface area contributed by atoms with Crippen LogP contribution < -0.4 is 5.32 Å². The zero-order valence-electron chi connectivity index (χ0n) is 7.15. The van der Waals surface area contributed by atoms with E-state index in [1.165, 1.54) is 16.7 Å². The zero-order valence-corrected chi connectivity index (χ0v) is 7.97. The van der Waals surface area contributed by atoms with Crippen molar-refractivity contribution in [1.82, 2.24) is 4.98 Å². The average Bonchev–Trinajstić information content (AvgIpc) is 2.61. The van der Waals surface area contributed by atoms with Crippen LogP contribution in [-0.2, 0) is 0 Å². The Bertz CT molecular complexity index is 377. The van der Waals surface area contributed by atoms with Gasteiger partial charge in [-0.15, -0.1) is 11.3 Å². The fourth-order valence-corrected chi connectivity index (χ4v) is 1.37. The van der Waals surface area contributed by atoms with Crippen molar-refractivity contribution in [1.29, 1.82) is 0 Å². The molecule has 0 unspecified atom stereocenters. The quantitative estimate of drug-likeness (QED) is 0.625. The first-order chi connectivity index (χ1) is 6.74. The Labute approximate surface area is 84.4 Å². The van der Waals surface area contributed by atoms with E-state index in [0.717, 1.165) is 0 Å². The van der Waals surface area contributed by atoms with Crippen LogP contribution in [0.4, 0.5) is 5.13 Å². The summed E-state index contributed by atoms with van der Waals surface area (Å²) in [4.78, 5) is 14.2. The molecule has 0 atom stereocenters. The fraction of sp³-hybridized carbons (Fsp3) is 0.250. The number of carbonyl (C=O) groups is 1. The molecule has 1 heterocycles. The van der Waals surface area contributed by atoms with Gasteiger partial charge in [0.2, 0.25) is 0 Å². The molecule has 0 saturated heterocycles. The number of nitrogens with zero attached hydrogens (tertiary/aromatic N) is 1. The van der Waals surface area contributed by atoms with Crippen LogP contribution in [0.15, 0.2) is 5.38 Å². The highest BCUT2D eigenvalue weighted by Gasteiger charge is 2.06. The summed E-state index contributed by atoms with van der Waals surface area (Å²) in [6, 6.07) is 0. The van der Waals surface area contributed by atoms with Gasteiger partial charge in [-0.3, -0.25) is 0 Å². The van der Waals surface area contributed by atoms with Crippen LogP contribution in [0.2, 0.25) is 0 Å². The van der Waals surface area contributed by atoms with Crippen molar-refractivity contribution in [3.8, 4) is 11.8 Å². The van der Waals surface area contributed by atoms with Crippen LogP contribution in [0.3, 0.4) is 0 Å². The smallest absolute Gasteiger partial charge is 0.355 e. The molecule has 14 heavy (non-hydrogen) atoms. The number of aromatic nitrogens is 1. The van der Waals surface area contributed by atoms with Crippen molar-refractivity contribution < 1.29 is 15.0 Å². The molecular formula is C8H8N2O3S. The lowest BCUT2D eigenvalue weighted by Gasteiger charge is -1.92. The van der Waals surface area contributed by atoms with Crippen LogP contribution in [0, 0.1) is 11.8 Å². The molecule has 0 radical (unpaired) electrons. The first-order valence-electron chi connectivity index (χ1n) is 3.73. The van der Waals surface area contributed by atoms with Gasteiger partial charge < -0.3 is 15.5 Å². The number of nitrogens with one attached hydrogen (secondary N) is 1. The second-order valence-corrected chi connectivity index (χ2v) is 3.07. The van der Waals surface area contributed by atoms with Crippen LogP contribution in [0.1, 0.15) is 10.5 Å². The van der Waals surface area contributed by atoms with Crippen LogP contribution >= 0.6 is 11.3 Å². The van der Waals surface area contributed by atoms with E-state index in [1.54, 1.807) is 0 Å². The summed E-state index contributed by atoms with van der Waals surface area (Å²) in [5.41, 5.74) is 0.0209. The van der Waals surface area contributed by atoms with Gasteiger partial charge in [0.15, 0.2) is 10.8 Å². The Balaban J connectivity index is 2.48. The molecular weight excluding hydrogens is 204 g/mol. The van der Waals surface area contributed by atoms with Crippen LogP contribution in [0.25, 0.3) is 0 Å². The largest absolute Gasteiger partial charge is 0.476 e. The van der Waals surface area contributed by atoms with E-state index in [9.17, 15) is 4.79 Å². The monoisotopic (exact) mass is 212 g/mol. The van der Waals surface area contributed by atoms with Crippen LogP contribution in [-0.4, -0.2) is 34.3 Å². The molecule has 0 aliphatic heterocycles. The number of thiazole rings is 1. The van der Waals surface area contributed by atoms with Gasteiger partial charge in [0.1, 0.15) is 6.61 Å². The number of aliphatic hydroxyl groups is 1. The number of anilines is 1. The highest BCUT2D eigenvalue weighted by Crippen LogP contribution is 2.14. The van der Waals surface area contributed by atoms with Gasteiger partial charge in [0.25, 0.3) is 0 Å². The molecule has 5 nitrogen and oxygen atoms in total. The topological polar surface area (TPSA) is 82.5 Å². The van der Waals surface area contributed by atoms with E-state index in [1.807, 2.05) is 0 Å². The van der Waals surface area contributed by atoms with E-state index < -0.39 is 5.97 Å². The Morgan fingerprint density at radius 2 is 2.43 bits per heavy atom. The number of aliphatic hydroxyl groups excluding tert-OH is 1. The Hall–Kier alpha value is -1.58. The van der Waals surface area contributed by atoms with Crippen molar-refractivity contribution in [3.05, 3.63) is 11.1 Å². The molecule has 0 fully saturated rings. The minimum absolute atomic E-state index is 0.0209. The number of carboxylic acid groups (broad SMARTS) is 1. The maximum absolute atomic E-state index is 10.4. The van der Waals surface area contributed by atoms with Gasteiger partial charge in [0, 0.05) is 5.38 Å². The van der Waals surface area contributed by atoms with Gasteiger partial charge >= 0.3 is 5.97 Å². The van der Waals surface area contributed by atoms with Crippen molar-refractivity contribution in [3.63, 3.8) is 0 Å². The predicted molar refractivity (Wildman–Crippen MR) is 52.4 cm³/mol. The average molecular weight is 212 g/mol. The van der Waals surface area contributed by atoms with E-state index in [-0.39, 0.29) is 12.3 Å². The molecule has 0 bridgehead atoms. The van der Waals surface area contributed by atoms with Gasteiger partial charge in [-0.25, -0.2) is 9.78 Å². The van der Waals surface area contributed by atoms with Crippen LogP contribution in [0.5, 0.6) is 0 Å². The standard InChI is InChI=1S/C8H8N2O3S/c11-4-2-1-3-9-8-10-6(5-14-8)7(12)13/h5,11H,3-4H2,(H,9,10)(H,12,13). The van der Waals surface area contributed by atoms with Gasteiger partial charge in [-0.2, -0.15) is 0 Å². The summed E-state index contributed by atoms with van der Waals surface area (Å²) in [6.45, 7) is 0.160. The van der Waals surface area contributed by atoms with Gasteiger partial charge in [-0.1, -0.05) is 11.8 Å². The first kappa shape index (κ1) is 10.5. The third-order valence-electron chi connectivity index (χ3n) is 1.26. The second kappa shape index (κ2) is 5.21. The summed E-state index contributed by atoms with van der Waals surface area (Å²) in [7, 11) is 0. The molecule has 0 aromatic carbocycles. The molecule has 74 valence electrons. The molecule has 0 spiro atoms. The maximum atomic E-state index is 10.4. The number of carboxylic acids is 1. The molecule has 1 aromatic rings. The SMILES string of the molecule is O=C(O)c1csc(NCC#CCO)n1. The number of rotatable bonds is 3. The molecule has 0 aliphatic rings. The Morgan fingerprint density at radius 3 is 3.00 bits per heavy atom. The number of hydrogen-bond acceptors (Lipinski definition) is 5. The summed E-state index contributed by atoms with van der Waals surface area (Å²) < 4.78 is 0. The fourth-order valence-electron chi connectivity index (χ4n) is 0.691. The first-order valence-corrected chi connectivity index (χ1v) is 4.61. The normalized spacial score (nSPS) is 8.93.